The van der Waals surface area contributed by atoms with Gasteiger partial charge in [0.25, 0.3) is 0 Å². The molecular formula is C17H28O2. The van der Waals surface area contributed by atoms with Crippen molar-refractivity contribution in [1.82, 2.24) is 0 Å². The summed E-state index contributed by atoms with van der Waals surface area (Å²) < 4.78 is 6.29. The second kappa shape index (κ2) is 4.73. The van der Waals surface area contributed by atoms with E-state index in [1.165, 1.54) is 0 Å². The van der Waals surface area contributed by atoms with Crippen molar-refractivity contribution >= 4 is 0 Å². The van der Waals surface area contributed by atoms with Crippen molar-refractivity contribution in [2.24, 2.45) is 10.8 Å². The van der Waals surface area contributed by atoms with E-state index in [-0.39, 0.29) is 16.6 Å². The van der Waals surface area contributed by atoms with Crippen LogP contribution in [0.4, 0.5) is 0 Å². The van der Waals surface area contributed by atoms with Crippen molar-refractivity contribution in [3.05, 3.63) is 23.8 Å². The topological polar surface area (TPSA) is 29.5 Å². The molecule has 1 aromatic rings. The molecule has 0 bridgehead atoms. The third kappa shape index (κ3) is 3.05. The normalized spacial score (nSPS) is 13.5. The van der Waals surface area contributed by atoms with Gasteiger partial charge in [-0.05, 0) is 31.5 Å². The Hall–Kier alpha value is -1.18. The minimum Gasteiger partial charge on any atom is -0.504 e. The van der Waals surface area contributed by atoms with Gasteiger partial charge in [-0.25, -0.2) is 0 Å². The summed E-state index contributed by atoms with van der Waals surface area (Å²) in [5, 5.41) is 10.0. The first kappa shape index (κ1) is 15.9. The molecule has 0 fully saturated rings. The number of ether oxygens (including phenoxy) is 1. The highest BCUT2D eigenvalue weighted by Crippen LogP contribution is 2.48. The lowest BCUT2D eigenvalue weighted by molar-refractivity contribution is -0.100. The quantitative estimate of drug-likeness (QED) is 0.820. The molecule has 1 rings (SSSR count). The molecule has 0 amide bonds. The van der Waals surface area contributed by atoms with Gasteiger partial charge in [0.15, 0.2) is 11.5 Å². The van der Waals surface area contributed by atoms with Gasteiger partial charge in [-0.1, -0.05) is 47.6 Å². The fourth-order valence-corrected chi connectivity index (χ4v) is 2.35. The van der Waals surface area contributed by atoms with Gasteiger partial charge in [0.2, 0.25) is 0 Å². The highest BCUT2D eigenvalue weighted by Gasteiger charge is 2.49. The van der Waals surface area contributed by atoms with Crippen molar-refractivity contribution < 1.29 is 9.84 Å². The first-order valence-electron chi connectivity index (χ1n) is 6.87. The number of hydrogen-bond donors (Lipinski definition) is 1. The molecule has 0 aliphatic carbocycles. The molecule has 0 unspecified atom stereocenters. The molecule has 0 radical (unpaired) electrons. The van der Waals surface area contributed by atoms with E-state index in [4.69, 9.17) is 4.74 Å². The molecule has 0 heterocycles. The molecule has 0 aromatic heterocycles. The van der Waals surface area contributed by atoms with E-state index in [0.29, 0.717) is 5.75 Å². The molecule has 0 atom stereocenters. The highest BCUT2D eigenvalue weighted by molar-refractivity contribution is 5.42. The van der Waals surface area contributed by atoms with Gasteiger partial charge in [-0.3, -0.25) is 0 Å². The van der Waals surface area contributed by atoms with Crippen LogP contribution in [0, 0.1) is 17.8 Å². The standard InChI is InChI=1S/C17H28O2/c1-12-9-10-13(18)14(11-12)19-17(8,15(2,3)4)16(5,6)7/h9-11,18H,1-8H3. The van der Waals surface area contributed by atoms with Crippen LogP contribution in [-0.4, -0.2) is 10.7 Å². The van der Waals surface area contributed by atoms with E-state index >= 15 is 0 Å². The summed E-state index contributed by atoms with van der Waals surface area (Å²) in [4.78, 5) is 0. The van der Waals surface area contributed by atoms with Gasteiger partial charge in [0, 0.05) is 10.8 Å². The molecular weight excluding hydrogens is 236 g/mol. The van der Waals surface area contributed by atoms with Gasteiger partial charge < -0.3 is 9.84 Å². The number of aromatic hydroxyl groups is 1. The molecule has 0 aliphatic heterocycles. The molecule has 1 N–H and O–H groups in total. The van der Waals surface area contributed by atoms with Gasteiger partial charge in [0.1, 0.15) is 5.60 Å². The van der Waals surface area contributed by atoms with Crippen LogP contribution in [0.3, 0.4) is 0 Å². The summed E-state index contributed by atoms with van der Waals surface area (Å²) >= 11 is 0. The number of hydrogen-bond acceptors (Lipinski definition) is 2. The molecule has 2 nitrogen and oxygen atoms in total. The van der Waals surface area contributed by atoms with E-state index in [2.05, 4.69) is 48.5 Å². The van der Waals surface area contributed by atoms with Crippen molar-refractivity contribution in [1.29, 1.82) is 0 Å². The van der Waals surface area contributed by atoms with Crippen LogP contribution in [-0.2, 0) is 0 Å². The third-order valence-corrected chi connectivity index (χ3v) is 4.29. The Bertz CT molecular complexity index is 433. The number of rotatable bonds is 2. The van der Waals surface area contributed by atoms with Crippen molar-refractivity contribution in [3.63, 3.8) is 0 Å². The maximum absolute atomic E-state index is 10.0. The first-order valence-corrected chi connectivity index (χ1v) is 6.87. The number of benzene rings is 1. The molecule has 108 valence electrons. The Kier molecular flexibility index (Phi) is 3.96. The predicted octanol–water partition coefficient (Wildman–Crippen LogP) is 4.93. The predicted molar refractivity (Wildman–Crippen MR) is 80.8 cm³/mol. The lowest BCUT2D eigenvalue weighted by atomic mass is 9.63. The van der Waals surface area contributed by atoms with Crippen LogP contribution < -0.4 is 4.74 Å². The number of phenols is 1. The van der Waals surface area contributed by atoms with Crippen LogP contribution >= 0.6 is 0 Å². The van der Waals surface area contributed by atoms with Gasteiger partial charge >= 0.3 is 0 Å². The van der Waals surface area contributed by atoms with Crippen LogP contribution in [0.5, 0.6) is 11.5 Å². The Morgan fingerprint density at radius 3 is 1.79 bits per heavy atom. The zero-order chi connectivity index (χ0) is 15.1. The van der Waals surface area contributed by atoms with Crippen molar-refractivity contribution in [2.75, 3.05) is 0 Å². The summed E-state index contributed by atoms with van der Waals surface area (Å²) in [6, 6.07) is 5.47. The van der Waals surface area contributed by atoms with E-state index in [1.54, 1.807) is 6.07 Å². The monoisotopic (exact) mass is 264 g/mol. The Morgan fingerprint density at radius 2 is 1.37 bits per heavy atom. The smallest absolute Gasteiger partial charge is 0.162 e. The third-order valence-electron chi connectivity index (χ3n) is 4.29. The van der Waals surface area contributed by atoms with Gasteiger partial charge in [-0.2, -0.15) is 0 Å². The maximum atomic E-state index is 10.0. The highest BCUT2D eigenvalue weighted by atomic mass is 16.5. The van der Waals surface area contributed by atoms with Crippen molar-refractivity contribution in [2.45, 2.75) is 61.0 Å². The van der Waals surface area contributed by atoms with E-state index in [1.807, 2.05) is 19.1 Å². The average Bonchev–Trinajstić information content (AvgIpc) is 2.20. The summed E-state index contributed by atoms with van der Waals surface area (Å²) in [7, 11) is 0. The fourth-order valence-electron chi connectivity index (χ4n) is 2.35. The van der Waals surface area contributed by atoms with Crippen LogP contribution in [0.1, 0.15) is 54.0 Å². The second-order valence-corrected chi connectivity index (χ2v) is 7.61. The van der Waals surface area contributed by atoms with E-state index in [9.17, 15) is 5.11 Å². The molecule has 1 aromatic carbocycles. The molecule has 0 saturated heterocycles. The summed E-state index contributed by atoms with van der Waals surface area (Å²) in [5.74, 6) is 0.762. The zero-order valence-electron chi connectivity index (χ0n) is 13.6. The zero-order valence-corrected chi connectivity index (χ0v) is 13.6. The SMILES string of the molecule is Cc1ccc(O)c(OC(C)(C(C)(C)C)C(C)(C)C)c1. The molecule has 0 spiro atoms. The minimum atomic E-state index is -0.398. The molecule has 2 heteroatoms. The van der Waals surface area contributed by atoms with E-state index < -0.39 is 5.60 Å². The Labute approximate surface area is 117 Å². The van der Waals surface area contributed by atoms with Crippen LogP contribution in [0.15, 0.2) is 18.2 Å². The lowest BCUT2D eigenvalue weighted by Crippen LogP contribution is -2.55. The first-order chi connectivity index (χ1) is 8.38. The minimum absolute atomic E-state index is 0.0541. The summed E-state index contributed by atoms with van der Waals surface area (Å²) in [6.45, 7) is 17.1. The Balaban J connectivity index is 3.27. The maximum Gasteiger partial charge on any atom is 0.162 e. The number of aryl methyl sites for hydroxylation is 1. The van der Waals surface area contributed by atoms with Gasteiger partial charge in [-0.15, -0.1) is 0 Å². The molecule has 19 heavy (non-hydrogen) atoms. The van der Waals surface area contributed by atoms with E-state index in [0.717, 1.165) is 5.56 Å². The largest absolute Gasteiger partial charge is 0.504 e. The summed E-state index contributed by atoms with van der Waals surface area (Å²) in [6.07, 6.45) is 0. The lowest BCUT2D eigenvalue weighted by Gasteiger charge is -2.50. The Morgan fingerprint density at radius 1 is 0.895 bits per heavy atom. The number of phenolic OH excluding ortho intramolecular Hbond substituents is 1. The van der Waals surface area contributed by atoms with Gasteiger partial charge in [0.05, 0.1) is 0 Å². The van der Waals surface area contributed by atoms with Crippen molar-refractivity contribution in [3.8, 4) is 11.5 Å². The van der Waals surface area contributed by atoms with Crippen LogP contribution in [0.25, 0.3) is 0 Å². The molecule has 0 saturated carbocycles. The second-order valence-electron chi connectivity index (χ2n) is 7.61. The van der Waals surface area contributed by atoms with Crippen LogP contribution in [0.2, 0.25) is 0 Å². The fraction of sp³-hybridized carbons (Fsp3) is 0.647. The molecule has 0 aliphatic rings. The summed E-state index contributed by atoms with van der Waals surface area (Å²) in [5.41, 5.74) is 0.576. The average molecular weight is 264 g/mol.